The molecule has 1 aliphatic rings. The van der Waals surface area contributed by atoms with Gasteiger partial charge in [-0.25, -0.2) is 0 Å². The first-order valence-corrected chi connectivity index (χ1v) is 4.21. The summed E-state index contributed by atoms with van der Waals surface area (Å²) >= 11 is 11.9. The number of hydrogen-bond acceptors (Lipinski definition) is 1. The van der Waals surface area contributed by atoms with Crippen LogP contribution >= 0.6 is 35.6 Å². The van der Waals surface area contributed by atoms with Crippen LogP contribution in [-0.2, 0) is 13.1 Å². The molecule has 0 atom stereocenters. The van der Waals surface area contributed by atoms with Gasteiger partial charge in [0, 0.05) is 23.1 Å². The van der Waals surface area contributed by atoms with Gasteiger partial charge >= 0.3 is 0 Å². The molecule has 4 heteroatoms. The average Bonchev–Trinajstić information content (AvgIpc) is 2.45. The zero-order chi connectivity index (χ0) is 7.84. The first-order chi connectivity index (χ1) is 5.29. The Kier molecular flexibility index (Phi) is 3.24. The Labute approximate surface area is 87.5 Å². The molecule has 1 N–H and O–H groups in total. The summed E-state index contributed by atoms with van der Waals surface area (Å²) < 4.78 is 0. The van der Waals surface area contributed by atoms with Crippen LogP contribution < -0.4 is 5.32 Å². The molecule has 0 fully saturated rings. The summed E-state index contributed by atoms with van der Waals surface area (Å²) in [6.45, 7) is 1.68. The molecule has 1 aromatic rings. The van der Waals surface area contributed by atoms with Crippen LogP contribution in [0.1, 0.15) is 11.1 Å². The number of halogens is 3. The standard InChI is InChI=1S/C8H7Cl2N.ClH/c9-7-1-2-8(10)6-4-11-3-5(6)7;/h1-2,11H,3-4H2;1H. The minimum atomic E-state index is 0. The smallest absolute Gasteiger partial charge is 0.0455 e. The minimum absolute atomic E-state index is 0. The van der Waals surface area contributed by atoms with Crippen LogP contribution in [0.15, 0.2) is 12.1 Å². The van der Waals surface area contributed by atoms with E-state index >= 15 is 0 Å². The number of nitrogens with one attached hydrogen (secondary N) is 1. The van der Waals surface area contributed by atoms with E-state index in [0.717, 1.165) is 34.3 Å². The molecule has 66 valence electrons. The van der Waals surface area contributed by atoms with Gasteiger partial charge in [0.05, 0.1) is 0 Å². The molecular formula is C8H8Cl3N. The van der Waals surface area contributed by atoms with Crippen molar-refractivity contribution in [3.63, 3.8) is 0 Å². The molecule has 0 unspecified atom stereocenters. The Bertz CT molecular complexity index is 270. The van der Waals surface area contributed by atoms with Gasteiger partial charge in [-0.15, -0.1) is 12.4 Å². The van der Waals surface area contributed by atoms with Gasteiger partial charge in [0.15, 0.2) is 0 Å². The van der Waals surface area contributed by atoms with E-state index in [0.29, 0.717) is 0 Å². The van der Waals surface area contributed by atoms with Crippen LogP contribution in [0.5, 0.6) is 0 Å². The second kappa shape index (κ2) is 3.84. The number of fused-ring (bicyclic) bond motifs is 1. The molecule has 0 spiro atoms. The molecule has 0 saturated heterocycles. The maximum Gasteiger partial charge on any atom is 0.0455 e. The lowest BCUT2D eigenvalue weighted by atomic mass is 10.1. The fourth-order valence-electron chi connectivity index (χ4n) is 1.33. The molecule has 1 heterocycles. The third-order valence-electron chi connectivity index (χ3n) is 1.92. The van der Waals surface area contributed by atoms with E-state index < -0.39 is 0 Å². The lowest BCUT2D eigenvalue weighted by Crippen LogP contribution is -2.00. The minimum Gasteiger partial charge on any atom is -0.308 e. The first kappa shape index (κ1) is 10.1. The number of hydrogen-bond donors (Lipinski definition) is 1. The summed E-state index contributed by atoms with van der Waals surface area (Å²) in [5.41, 5.74) is 2.30. The van der Waals surface area contributed by atoms with Gasteiger partial charge in [-0.2, -0.15) is 0 Å². The van der Waals surface area contributed by atoms with Crippen molar-refractivity contribution in [2.45, 2.75) is 13.1 Å². The van der Waals surface area contributed by atoms with Gasteiger partial charge in [0.2, 0.25) is 0 Å². The Hall–Kier alpha value is 0.0500. The summed E-state index contributed by atoms with van der Waals surface area (Å²) in [5, 5.41) is 4.83. The fraction of sp³-hybridized carbons (Fsp3) is 0.250. The van der Waals surface area contributed by atoms with Crippen molar-refractivity contribution in [1.82, 2.24) is 5.32 Å². The second-order valence-corrected chi connectivity index (χ2v) is 3.40. The predicted molar refractivity (Wildman–Crippen MR) is 54.3 cm³/mol. The van der Waals surface area contributed by atoms with Crippen LogP contribution in [0, 0.1) is 0 Å². The summed E-state index contributed by atoms with van der Waals surface area (Å²) in [7, 11) is 0. The highest BCUT2D eigenvalue weighted by Gasteiger charge is 2.15. The number of rotatable bonds is 0. The zero-order valence-electron chi connectivity index (χ0n) is 6.23. The molecule has 0 bridgehead atoms. The third kappa shape index (κ3) is 1.55. The van der Waals surface area contributed by atoms with Crippen LogP contribution in [0.2, 0.25) is 10.0 Å². The largest absolute Gasteiger partial charge is 0.308 e. The molecule has 0 radical (unpaired) electrons. The Morgan fingerprint density at radius 3 is 1.83 bits per heavy atom. The highest BCUT2D eigenvalue weighted by Crippen LogP contribution is 2.29. The SMILES string of the molecule is Cl.Clc1ccc(Cl)c2c1CNC2. The Balaban J connectivity index is 0.000000720. The molecular weight excluding hydrogens is 216 g/mol. The van der Waals surface area contributed by atoms with Crippen molar-refractivity contribution in [2.75, 3.05) is 0 Å². The van der Waals surface area contributed by atoms with Gasteiger partial charge in [-0.3, -0.25) is 0 Å². The van der Waals surface area contributed by atoms with Crippen molar-refractivity contribution in [3.8, 4) is 0 Å². The van der Waals surface area contributed by atoms with E-state index in [4.69, 9.17) is 23.2 Å². The quantitative estimate of drug-likeness (QED) is 0.714. The molecule has 2 rings (SSSR count). The predicted octanol–water partition coefficient (Wildman–Crippen LogP) is 3.02. The first-order valence-electron chi connectivity index (χ1n) is 3.45. The van der Waals surface area contributed by atoms with Gasteiger partial charge < -0.3 is 5.32 Å². The molecule has 1 aliphatic heterocycles. The number of benzene rings is 1. The lowest BCUT2D eigenvalue weighted by Gasteiger charge is -2.01. The van der Waals surface area contributed by atoms with Crippen LogP contribution in [-0.4, -0.2) is 0 Å². The normalized spacial score (nSPS) is 13.8. The van der Waals surface area contributed by atoms with Gasteiger partial charge in [-0.1, -0.05) is 23.2 Å². The summed E-state index contributed by atoms with van der Waals surface area (Å²) in [5.74, 6) is 0. The average molecular weight is 225 g/mol. The molecule has 0 aliphatic carbocycles. The summed E-state index contributed by atoms with van der Waals surface area (Å²) in [4.78, 5) is 0. The maximum absolute atomic E-state index is 5.94. The lowest BCUT2D eigenvalue weighted by molar-refractivity contribution is 0.765. The van der Waals surface area contributed by atoms with E-state index in [1.165, 1.54) is 0 Å². The summed E-state index contributed by atoms with van der Waals surface area (Å²) in [6, 6.07) is 3.69. The van der Waals surface area contributed by atoms with Crippen molar-refractivity contribution in [3.05, 3.63) is 33.3 Å². The van der Waals surface area contributed by atoms with Crippen LogP contribution in [0.3, 0.4) is 0 Å². The molecule has 1 nitrogen and oxygen atoms in total. The monoisotopic (exact) mass is 223 g/mol. The fourth-order valence-corrected chi connectivity index (χ4v) is 1.82. The Morgan fingerprint density at radius 2 is 1.42 bits per heavy atom. The highest BCUT2D eigenvalue weighted by atomic mass is 35.5. The third-order valence-corrected chi connectivity index (χ3v) is 2.63. The zero-order valence-corrected chi connectivity index (χ0v) is 8.56. The second-order valence-electron chi connectivity index (χ2n) is 2.59. The molecule has 0 amide bonds. The molecule has 0 saturated carbocycles. The van der Waals surface area contributed by atoms with Gasteiger partial charge in [-0.05, 0) is 23.3 Å². The van der Waals surface area contributed by atoms with E-state index in [-0.39, 0.29) is 12.4 Å². The van der Waals surface area contributed by atoms with E-state index in [1.807, 2.05) is 12.1 Å². The van der Waals surface area contributed by atoms with Crippen LogP contribution in [0.25, 0.3) is 0 Å². The van der Waals surface area contributed by atoms with Crippen molar-refractivity contribution in [1.29, 1.82) is 0 Å². The topological polar surface area (TPSA) is 12.0 Å². The van der Waals surface area contributed by atoms with Crippen molar-refractivity contribution in [2.24, 2.45) is 0 Å². The van der Waals surface area contributed by atoms with Gasteiger partial charge in [0.1, 0.15) is 0 Å². The van der Waals surface area contributed by atoms with Crippen molar-refractivity contribution < 1.29 is 0 Å². The molecule has 1 aromatic carbocycles. The van der Waals surface area contributed by atoms with Gasteiger partial charge in [0.25, 0.3) is 0 Å². The highest BCUT2D eigenvalue weighted by molar-refractivity contribution is 6.34. The molecule has 0 aromatic heterocycles. The maximum atomic E-state index is 5.94. The summed E-state index contributed by atoms with van der Waals surface area (Å²) in [6.07, 6.45) is 0. The van der Waals surface area contributed by atoms with Crippen molar-refractivity contribution >= 4 is 35.6 Å². The van der Waals surface area contributed by atoms with E-state index in [9.17, 15) is 0 Å². The Morgan fingerprint density at radius 1 is 1.00 bits per heavy atom. The molecule has 12 heavy (non-hydrogen) atoms. The van der Waals surface area contributed by atoms with E-state index in [1.54, 1.807) is 0 Å². The van der Waals surface area contributed by atoms with Crippen LogP contribution in [0.4, 0.5) is 0 Å². The van der Waals surface area contributed by atoms with E-state index in [2.05, 4.69) is 5.32 Å².